The van der Waals surface area contributed by atoms with Crippen LogP contribution in [0.15, 0.2) is 12.2 Å². The monoisotopic (exact) mass is 100 g/mol. The third kappa shape index (κ3) is 3.19. The van der Waals surface area contributed by atoms with E-state index >= 15 is 0 Å². The van der Waals surface area contributed by atoms with Gasteiger partial charge in [0.25, 0.3) is 0 Å². The van der Waals surface area contributed by atoms with E-state index in [4.69, 9.17) is 5.11 Å². The van der Waals surface area contributed by atoms with Crippen LogP contribution in [0.25, 0.3) is 0 Å². The van der Waals surface area contributed by atoms with Crippen molar-refractivity contribution in [1.82, 2.24) is 0 Å². The van der Waals surface area contributed by atoms with E-state index in [9.17, 15) is 4.79 Å². The van der Waals surface area contributed by atoms with Gasteiger partial charge in [0.2, 0.25) is 0 Å². The lowest BCUT2D eigenvalue weighted by molar-refractivity contribution is -0.112. The summed E-state index contributed by atoms with van der Waals surface area (Å²) in [6.07, 6.45) is 2.59. The molecule has 2 nitrogen and oxygen atoms in total. The van der Waals surface area contributed by atoms with Gasteiger partial charge in [0.1, 0.15) is 6.10 Å². The zero-order valence-corrected chi connectivity index (χ0v) is 4.16. The lowest BCUT2D eigenvalue weighted by Crippen LogP contribution is -2.01. The number of aliphatic hydroxyl groups is 1. The summed E-state index contributed by atoms with van der Waals surface area (Å²) < 4.78 is 0. The van der Waals surface area contributed by atoms with E-state index in [0.717, 1.165) is 0 Å². The minimum Gasteiger partial charge on any atom is -0.382 e. The van der Waals surface area contributed by atoms with Crippen LogP contribution in [0.3, 0.4) is 0 Å². The Bertz CT molecular complexity index is 76.1. The molecule has 0 fully saturated rings. The molecule has 0 spiro atoms. The molecule has 0 aromatic carbocycles. The number of hydrogen-bond donors (Lipinski definition) is 1. The van der Waals surface area contributed by atoms with Crippen LogP contribution < -0.4 is 0 Å². The third-order valence-corrected chi connectivity index (χ3v) is 0.529. The number of aliphatic hydroxyl groups excluding tert-OH is 1. The number of carbonyl (C=O) groups is 1. The summed E-state index contributed by atoms with van der Waals surface area (Å²) in [5.41, 5.74) is 0. The SMILES string of the molecule is C/C=C\[C@@H](O)C=O. The van der Waals surface area contributed by atoms with E-state index < -0.39 is 6.10 Å². The van der Waals surface area contributed by atoms with Crippen LogP contribution in [0.2, 0.25) is 0 Å². The van der Waals surface area contributed by atoms with Gasteiger partial charge in [-0.25, -0.2) is 0 Å². The first-order valence-electron chi connectivity index (χ1n) is 2.07. The lowest BCUT2D eigenvalue weighted by atomic mass is 10.4. The molecule has 7 heavy (non-hydrogen) atoms. The molecule has 2 heteroatoms. The van der Waals surface area contributed by atoms with Gasteiger partial charge in [-0.05, 0) is 6.92 Å². The quantitative estimate of drug-likeness (QED) is 0.395. The second-order valence-corrected chi connectivity index (χ2v) is 1.15. The maximum absolute atomic E-state index is 9.59. The Hall–Kier alpha value is -0.630. The first kappa shape index (κ1) is 6.37. The summed E-state index contributed by atoms with van der Waals surface area (Å²) in [6.45, 7) is 1.74. The molecule has 0 saturated carbocycles. The van der Waals surface area contributed by atoms with Gasteiger partial charge in [-0.15, -0.1) is 0 Å². The van der Waals surface area contributed by atoms with Crippen LogP contribution in [0, 0.1) is 0 Å². The van der Waals surface area contributed by atoms with Gasteiger partial charge in [0.05, 0.1) is 0 Å². The molecule has 0 aromatic rings. The highest BCUT2D eigenvalue weighted by Gasteiger charge is 1.88. The van der Waals surface area contributed by atoms with Gasteiger partial charge in [-0.3, -0.25) is 0 Å². The van der Waals surface area contributed by atoms with Crippen molar-refractivity contribution in [2.45, 2.75) is 13.0 Å². The van der Waals surface area contributed by atoms with Crippen molar-refractivity contribution in [3.63, 3.8) is 0 Å². The normalized spacial score (nSPS) is 14.6. The number of carbonyl (C=O) groups excluding carboxylic acids is 1. The van der Waals surface area contributed by atoms with E-state index in [0.29, 0.717) is 6.29 Å². The van der Waals surface area contributed by atoms with E-state index in [2.05, 4.69) is 0 Å². The van der Waals surface area contributed by atoms with Gasteiger partial charge in [0.15, 0.2) is 6.29 Å². The van der Waals surface area contributed by atoms with Crippen molar-refractivity contribution < 1.29 is 9.90 Å². The molecule has 0 aliphatic rings. The Balaban J connectivity index is 3.35. The summed E-state index contributed by atoms with van der Waals surface area (Å²) in [5.74, 6) is 0. The third-order valence-electron chi connectivity index (χ3n) is 0.529. The largest absolute Gasteiger partial charge is 0.382 e. The fraction of sp³-hybridized carbons (Fsp3) is 0.400. The average Bonchev–Trinajstić information content (AvgIpc) is 1.68. The van der Waals surface area contributed by atoms with Crippen LogP contribution in [0.4, 0.5) is 0 Å². The fourth-order valence-corrected chi connectivity index (χ4v) is 0.243. The predicted octanol–water partition coefficient (Wildman–Crippen LogP) is 0.122. The van der Waals surface area contributed by atoms with Gasteiger partial charge in [0, 0.05) is 0 Å². The highest BCUT2D eigenvalue weighted by atomic mass is 16.3. The summed E-state index contributed by atoms with van der Waals surface area (Å²) in [7, 11) is 0. The zero-order chi connectivity index (χ0) is 5.70. The summed E-state index contributed by atoms with van der Waals surface area (Å²) in [5, 5.41) is 8.40. The van der Waals surface area contributed by atoms with Gasteiger partial charge in [-0.1, -0.05) is 12.2 Å². The summed E-state index contributed by atoms with van der Waals surface area (Å²) in [6, 6.07) is 0. The Morgan fingerprint density at radius 2 is 2.29 bits per heavy atom. The number of allylic oxidation sites excluding steroid dienone is 1. The van der Waals surface area contributed by atoms with Crippen molar-refractivity contribution in [1.29, 1.82) is 0 Å². The van der Waals surface area contributed by atoms with Crippen molar-refractivity contribution in [2.24, 2.45) is 0 Å². The number of aldehydes is 1. The smallest absolute Gasteiger partial charge is 0.152 e. The minimum atomic E-state index is -0.912. The van der Waals surface area contributed by atoms with Gasteiger partial charge >= 0.3 is 0 Å². The Kier molecular flexibility index (Phi) is 3.24. The second kappa shape index (κ2) is 3.56. The lowest BCUT2D eigenvalue weighted by Gasteiger charge is -1.86. The molecule has 0 heterocycles. The number of hydrogen-bond acceptors (Lipinski definition) is 2. The van der Waals surface area contributed by atoms with E-state index in [1.807, 2.05) is 0 Å². The molecule has 0 radical (unpaired) electrons. The molecule has 0 aliphatic heterocycles. The Morgan fingerprint density at radius 1 is 1.71 bits per heavy atom. The molecule has 40 valence electrons. The average molecular weight is 100 g/mol. The summed E-state index contributed by atoms with van der Waals surface area (Å²) in [4.78, 5) is 9.59. The molecule has 0 rings (SSSR count). The molecule has 1 atom stereocenters. The van der Waals surface area contributed by atoms with Crippen LogP contribution in [-0.4, -0.2) is 17.5 Å². The van der Waals surface area contributed by atoms with Crippen LogP contribution in [0.5, 0.6) is 0 Å². The molecule has 0 aromatic heterocycles. The highest BCUT2D eigenvalue weighted by Crippen LogP contribution is 1.76. The van der Waals surface area contributed by atoms with Crippen LogP contribution in [-0.2, 0) is 4.79 Å². The van der Waals surface area contributed by atoms with Gasteiger partial charge in [-0.2, -0.15) is 0 Å². The fourth-order valence-electron chi connectivity index (χ4n) is 0.243. The molecule has 0 amide bonds. The van der Waals surface area contributed by atoms with E-state index in [1.165, 1.54) is 6.08 Å². The molecule has 0 bridgehead atoms. The maximum Gasteiger partial charge on any atom is 0.152 e. The standard InChI is InChI=1S/C5H8O2/c1-2-3-5(7)4-6/h2-5,7H,1H3/b3-2-/t5-/m1/s1. The molecule has 0 saturated heterocycles. The predicted molar refractivity (Wildman–Crippen MR) is 26.9 cm³/mol. The molecular weight excluding hydrogens is 92.1 g/mol. The second-order valence-electron chi connectivity index (χ2n) is 1.15. The van der Waals surface area contributed by atoms with E-state index in [-0.39, 0.29) is 0 Å². The van der Waals surface area contributed by atoms with E-state index in [1.54, 1.807) is 13.0 Å². The summed E-state index contributed by atoms with van der Waals surface area (Å²) >= 11 is 0. The highest BCUT2D eigenvalue weighted by molar-refractivity contribution is 5.58. The van der Waals surface area contributed by atoms with Crippen molar-refractivity contribution in [3.05, 3.63) is 12.2 Å². The molecule has 1 N–H and O–H groups in total. The van der Waals surface area contributed by atoms with Gasteiger partial charge < -0.3 is 9.90 Å². The first-order chi connectivity index (χ1) is 3.31. The Labute approximate surface area is 42.5 Å². The maximum atomic E-state index is 9.59. The first-order valence-corrected chi connectivity index (χ1v) is 2.07. The van der Waals surface area contributed by atoms with Crippen LogP contribution >= 0.6 is 0 Å². The molecule has 0 aliphatic carbocycles. The molecule has 0 unspecified atom stereocenters. The number of rotatable bonds is 2. The van der Waals surface area contributed by atoms with Crippen molar-refractivity contribution >= 4 is 6.29 Å². The van der Waals surface area contributed by atoms with Crippen molar-refractivity contribution in [2.75, 3.05) is 0 Å². The van der Waals surface area contributed by atoms with Crippen molar-refractivity contribution in [3.8, 4) is 0 Å². The minimum absolute atomic E-state index is 0.472. The zero-order valence-electron chi connectivity index (χ0n) is 4.16. The Morgan fingerprint density at radius 3 is 2.43 bits per heavy atom. The van der Waals surface area contributed by atoms with Crippen LogP contribution in [0.1, 0.15) is 6.92 Å². The topological polar surface area (TPSA) is 37.3 Å². The molecular formula is C5H8O2.